The van der Waals surface area contributed by atoms with Crippen LogP contribution in [0.1, 0.15) is 27.9 Å². The molecule has 1 aliphatic heterocycles. The minimum Gasteiger partial charge on any atom is -0.398 e. The maximum absolute atomic E-state index is 12.1. The van der Waals surface area contributed by atoms with Crippen molar-refractivity contribution in [1.29, 1.82) is 0 Å². The molecule has 1 amide bonds. The standard InChI is InChI=1S/C13H18N2OS/c1-8-5-9(2)12(14)6-11(8)13(16)15-10-3-4-17-7-10/h5-6,10H,3-4,7,14H2,1-2H3,(H,15,16). The van der Waals surface area contributed by atoms with Crippen molar-refractivity contribution in [3.8, 4) is 0 Å². The Labute approximate surface area is 106 Å². The van der Waals surface area contributed by atoms with Gasteiger partial charge in [-0.25, -0.2) is 0 Å². The highest BCUT2D eigenvalue weighted by Gasteiger charge is 2.19. The van der Waals surface area contributed by atoms with Gasteiger partial charge in [0.25, 0.3) is 5.91 Å². The van der Waals surface area contributed by atoms with E-state index in [4.69, 9.17) is 5.73 Å². The minimum atomic E-state index is 0.00157. The number of aryl methyl sites for hydroxylation is 2. The fourth-order valence-electron chi connectivity index (χ4n) is 2.03. The summed E-state index contributed by atoms with van der Waals surface area (Å²) >= 11 is 1.89. The summed E-state index contributed by atoms with van der Waals surface area (Å²) < 4.78 is 0. The number of nitrogen functional groups attached to an aromatic ring is 1. The first-order valence-corrected chi connectivity index (χ1v) is 6.98. The number of anilines is 1. The molecular formula is C13H18N2OS. The van der Waals surface area contributed by atoms with Gasteiger partial charge in [-0.15, -0.1) is 0 Å². The molecule has 4 heteroatoms. The zero-order valence-corrected chi connectivity index (χ0v) is 11.1. The maximum Gasteiger partial charge on any atom is 0.251 e. The average molecular weight is 250 g/mol. The Bertz CT molecular complexity index is 439. The molecule has 0 saturated carbocycles. The van der Waals surface area contributed by atoms with Crippen LogP contribution in [0, 0.1) is 13.8 Å². The molecule has 0 aromatic heterocycles. The van der Waals surface area contributed by atoms with Gasteiger partial charge in [0.05, 0.1) is 0 Å². The van der Waals surface area contributed by atoms with Crippen LogP contribution in [0.3, 0.4) is 0 Å². The van der Waals surface area contributed by atoms with E-state index in [9.17, 15) is 4.79 Å². The van der Waals surface area contributed by atoms with Gasteiger partial charge in [0.15, 0.2) is 0 Å². The number of nitrogens with one attached hydrogen (secondary N) is 1. The Balaban J connectivity index is 2.15. The van der Waals surface area contributed by atoms with Crippen LogP contribution < -0.4 is 11.1 Å². The highest BCUT2D eigenvalue weighted by atomic mass is 32.2. The van der Waals surface area contributed by atoms with Crippen LogP contribution in [-0.2, 0) is 0 Å². The lowest BCUT2D eigenvalue weighted by molar-refractivity contribution is 0.0940. The van der Waals surface area contributed by atoms with E-state index in [2.05, 4.69) is 5.32 Å². The zero-order chi connectivity index (χ0) is 12.4. The van der Waals surface area contributed by atoms with Crippen molar-refractivity contribution in [3.63, 3.8) is 0 Å². The second kappa shape index (κ2) is 5.00. The van der Waals surface area contributed by atoms with Crippen molar-refractivity contribution in [2.45, 2.75) is 26.3 Å². The molecule has 1 saturated heterocycles. The predicted octanol–water partition coefficient (Wildman–Crippen LogP) is 2.12. The van der Waals surface area contributed by atoms with Gasteiger partial charge in [0, 0.05) is 23.0 Å². The smallest absolute Gasteiger partial charge is 0.251 e. The average Bonchev–Trinajstić information content (AvgIpc) is 2.76. The Morgan fingerprint density at radius 2 is 2.18 bits per heavy atom. The fraction of sp³-hybridized carbons (Fsp3) is 0.462. The normalized spacial score (nSPS) is 19.3. The van der Waals surface area contributed by atoms with Crippen molar-refractivity contribution in [1.82, 2.24) is 5.32 Å². The summed E-state index contributed by atoms with van der Waals surface area (Å²) in [6, 6.07) is 4.06. The van der Waals surface area contributed by atoms with Crippen LogP contribution in [0.4, 0.5) is 5.69 Å². The predicted molar refractivity (Wildman–Crippen MR) is 73.5 cm³/mol. The summed E-state index contributed by atoms with van der Waals surface area (Å²) in [5.74, 6) is 2.16. The van der Waals surface area contributed by atoms with Crippen LogP contribution in [0.25, 0.3) is 0 Å². The van der Waals surface area contributed by atoms with E-state index in [0.29, 0.717) is 17.3 Å². The molecule has 1 unspecified atom stereocenters. The van der Waals surface area contributed by atoms with E-state index in [1.54, 1.807) is 6.07 Å². The molecule has 92 valence electrons. The van der Waals surface area contributed by atoms with Crippen molar-refractivity contribution in [2.24, 2.45) is 0 Å². The number of rotatable bonds is 2. The van der Waals surface area contributed by atoms with Crippen LogP contribution >= 0.6 is 11.8 Å². The third-order valence-electron chi connectivity index (χ3n) is 3.12. The number of nitrogens with two attached hydrogens (primary N) is 1. The monoisotopic (exact) mass is 250 g/mol. The summed E-state index contributed by atoms with van der Waals surface area (Å²) in [5.41, 5.74) is 9.24. The van der Waals surface area contributed by atoms with Crippen molar-refractivity contribution < 1.29 is 4.79 Å². The molecule has 1 heterocycles. The van der Waals surface area contributed by atoms with Gasteiger partial charge >= 0.3 is 0 Å². The molecule has 1 aromatic rings. The van der Waals surface area contributed by atoms with Gasteiger partial charge in [0.2, 0.25) is 0 Å². The van der Waals surface area contributed by atoms with Crippen LogP contribution in [0.5, 0.6) is 0 Å². The summed E-state index contributed by atoms with van der Waals surface area (Å²) in [7, 11) is 0. The number of carbonyl (C=O) groups is 1. The summed E-state index contributed by atoms with van der Waals surface area (Å²) in [5, 5.41) is 3.07. The number of hydrogen-bond acceptors (Lipinski definition) is 3. The molecule has 1 aromatic carbocycles. The van der Waals surface area contributed by atoms with Gasteiger partial charge in [-0.2, -0.15) is 11.8 Å². The molecular weight excluding hydrogens is 232 g/mol. The number of thioether (sulfide) groups is 1. The lowest BCUT2D eigenvalue weighted by Crippen LogP contribution is -2.35. The minimum absolute atomic E-state index is 0.00157. The Kier molecular flexibility index (Phi) is 3.62. The molecule has 3 N–H and O–H groups in total. The first-order valence-electron chi connectivity index (χ1n) is 5.83. The molecule has 1 fully saturated rings. The largest absolute Gasteiger partial charge is 0.398 e. The lowest BCUT2D eigenvalue weighted by atomic mass is 10.0. The fourth-order valence-corrected chi connectivity index (χ4v) is 3.18. The van der Waals surface area contributed by atoms with Gasteiger partial charge in [-0.3, -0.25) is 4.79 Å². The topological polar surface area (TPSA) is 55.1 Å². The SMILES string of the molecule is Cc1cc(C)c(C(=O)NC2CCSC2)cc1N. The third-order valence-corrected chi connectivity index (χ3v) is 4.29. The van der Waals surface area contributed by atoms with E-state index < -0.39 is 0 Å². The van der Waals surface area contributed by atoms with Gasteiger partial charge in [-0.1, -0.05) is 6.07 Å². The van der Waals surface area contributed by atoms with E-state index in [1.165, 1.54) is 0 Å². The van der Waals surface area contributed by atoms with Crippen molar-refractivity contribution >= 4 is 23.4 Å². The molecule has 0 radical (unpaired) electrons. The Morgan fingerprint density at radius 1 is 1.41 bits per heavy atom. The first kappa shape index (κ1) is 12.3. The highest BCUT2D eigenvalue weighted by molar-refractivity contribution is 7.99. The summed E-state index contributed by atoms with van der Waals surface area (Å²) in [6.45, 7) is 3.91. The number of amides is 1. The molecule has 3 nitrogen and oxygen atoms in total. The second-order valence-electron chi connectivity index (χ2n) is 4.56. The molecule has 1 atom stereocenters. The number of carbonyl (C=O) groups excluding carboxylic acids is 1. The number of benzene rings is 1. The lowest BCUT2D eigenvalue weighted by Gasteiger charge is -2.14. The molecule has 1 aliphatic rings. The second-order valence-corrected chi connectivity index (χ2v) is 5.71. The quantitative estimate of drug-likeness (QED) is 0.791. The summed E-state index contributed by atoms with van der Waals surface area (Å²) in [6.07, 6.45) is 1.07. The van der Waals surface area contributed by atoms with Crippen LogP contribution in [0.15, 0.2) is 12.1 Å². The molecule has 0 bridgehead atoms. The van der Waals surface area contributed by atoms with Crippen LogP contribution in [-0.4, -0.2) is 23.5 Å². The molecule has 0 aliphatic carbocycles. The Hall–Kier alpha value is -1.16. The van der Waals surface area contributed by atoms with Gasteiger partial charge < -0.3 is 11.1 Å². The Morgan fingerprint density at radius 3 is 2.82 bits per heavy atom. The highest BCUT2D eigenvalue weighted by Crippen LogP contribution is 2.20. The zero-order valence-electron chi connectivity index (χ0n) is 10.2. The first-order chi connectivity index (χ1) is 8.08. The number of hydrogen-bond donors (Lipinski definition) is 2. The molecule has 17 heavy (non-hydrogen) atoms. The maximum atomic E-state index is 12.1. The van der Waals surface area contributed by atoms with Crippen LogP contribution in [0.2, 0.25) is 0 Å². The van der Waals surface area contributed by atoms with E-state index in [1.807, 2.05) is 31.7 Å². The van der Waals surface area contributed by atoms with Crippen molar-refractivity contribution in [3.05, 3.63) is 28.8 Å². The van der Waals surface area contributed by atoms with Gasteiger partial charge in [-0.05, 0) is 43.2 Å². The van der Waals surface area contributed by atoms with Crippen molar-refractivity contribution in [2.75, 3.05) is 17.2 Å². The molecule has 2 rings (SSSR count). The van der Waals surface area contributed by atoms with E-state index in [0.717, 1.165) is 29.1 Å². The summed E-state index contributed by atoms with van der Waals surface area (Å²) in [4.78, 5) is 12.1. The third kappa shape index (κ3) is 2.75. The van der Waals surface area contributed by atoms with E-state index >= 15 is 0 Å². The van der Waals surface area contributed by atoms with Gasteiger partial charge in [0.1, 0.15) is 0 Å². The molecule has 0 spiro atoms. The van der Waals surface area contributed by atoms with E-state index in [-0.39, 0.29) is 5.91 Å².